The lowest BCUT2D eigenvalue weighted by Crippen LogP contribution is -2.35. The van der Waals surface area contributed by atoms with Gasteiger partial charge in [0, 0.05) is 16.4 Å². The number of nitrogens with two attached hydrogens (primary N) is 1. The van der Waals surface area contributed by atoms with Crippen LogP contribution in [0.3, 0.4) is 0 Å². The summed E-state index contributed by atoms with van der Waals surface area (Å²) in [7, 11) is 0. The van der Waals surface area contributed by atoms with Gasteiger partial charge in [-0.3, -0.25) is 0 Å². The molecule has 0 amide bonds. The first-order chi connectivity index (χ1) is 9.65. The SMILES string of the molecule is NCC12CCC(c3nc(-c4cc(Br)cs4)no3)(CO1)C2. The molecule has 2 aliphatic rings. The zero-order chi connectivity index (χ0) is 13.8. The van der Waals surface area contributed by atoms with E-state index in [1.165, 1.54) is 0 Å². The molecule has 2 unspecified atom stereocenters. The second kappa shape index (κ2) is 4.37. The molecular formula is C13H14BrN3O2S. The number of hydrogen-bond acceptors (Lipinski definition) is 6. The van der Waals surface area contributed by atoms with E-state index in [2.05, 4.69) is 26.1 Å². The molecule has 2 N–H and O–H groups in total. The van der Waals surface area contributed by atoms with E-state index in [-0.39, 0.29) is 11.0 Å². The molecular weight excluding hydrogens is 342 g/mol. The third-order valence-corrected chi connectivity index (χ3v) is 6.10. The Labute approximate surface area is 128 Å². The molecule has 106 valence electrons. The standard InChI is InChI=1S/C13H14BrN3O2S/c14-8-3-9(20-4-8)10-16-11(19-17-10)12-1-2-13(5-12,6-15)18-7-12/h3-4H,1-2,5-7,15H2. The number of ether oxygens (including phenoxy) is 1. The molecule has 0 spiro atoms. The van der Waals surface area contributed by atoms with Crippen LogP contribution in [0.4, 0.5) is 0 Å². The second-order valence-corrected chi connectivity index (χ2v) is 7.51. The largest absolute Gasteiger partial charge is 0.373 e. The van der Waals surface area contributed by atoms with E-state index in [0.717, 1.165) is 28.6 Å². The van der Waals surface area contributed by atoms with Gasteiger partial charge in [0.15, 0.2) is 0 Å². The van der Waals surface area contributed by atoms with Gasteiger partial charge in [-0.05, 0) is 41.3 Å². The molecule has 7 heteroatoms. The van der Waals surface area contributed by atoms with Crippen molar-refractivity contribution in [1.82, 2.24) is 10.1 Å². The maximum atomic E-state index is 5.91. The summed E-state index contributed by atoms with van der Waals surface area (Å²) in [6, 6.07) is 2.00. The molecule has 20 heavy (non-hydrogen) atoms. The molecule has 5 nitrogen and oxygen atoms in total. The van der Waals surface area contributed by atoms with E-state index >= 15 is 0 Å². The van der Waals surface area contributed by atoms with Gasteiger partial charge in [-0.1, -0.05) is 5.16 Å². The topological polar surface area (TPSA) is 74.2 Å². The highest BCUT2D eigenvalue weighted by molar-refractivity contribution is 9.10. The first-order valence-electron chi connectivity index (χ1n) is 6.57. The van der Waals surface area contributed by atoms with Crippen LogP contribution in [0.2, 0.25) is 0 Å². The van der Waals surface area contributed by atoms with Crippen LogP contribution >= 0.6 is 27.3 Å². The zero-order valence-electron chi connectivity index (χ0n) is 10.8. The number of hydrogen-bond donors (Lipinski definition) is 1. The van der Waals surface area contributed by atoms with Crippen molar-refractivity contribution in [1.29, 1.82) is 0 Å². The van der Waals surface area contributed by atoms with E-state index in [4.69, 9.17) is 15.0 Å². The fourth-order valence-corrected chi connectivity index (χ4v) is 4.60. The number of thiophene rings is 1. The average Bonchev–Trinajstić information content (AvgIpc) is 3.21. The van der Waals surface area contributed by atoms with Crippen molar-refractivity contribution in [2.45, 2.75) is 30.3 Å². The molecule has 1 aliphatic heterocycles. The Morgan fingerprint density at radius 2 is 2.35 bits per heavy atom. The minimum atomic E-state index is -0.166. The third-order valence-electron chi connectivity index (χ3n) is 4.41. The highest BCUT2D eigenvalue weighted by Crippen LogP contribution is 2.53. The number of fused-ring (bicyclic) bond motifs is 2. The molecule has 4 rings (SSSR count). The van der Waals surface area contributed by atoms with Crippen LogP contribution in [-0.2, 0) is 10.2 Å². The molecule has 2 aromatic heterocycles. The van der Waals surface area contributed by atoms with E-state index in [0.29, 0.717) is 24.9 Å². The molecule has 0 aromatic carbocycles. The van der Waals surface area contributed by atoms with Crippen molar-refractivity contribution in [3.63, 3.8) is 0 Å². The average molecular weight is 356 g/mol. The normalized spacial score (nSPS) is 32.1. The van der Waals surface area contributed by atoms with E-state index in [9.17, 15) is 0 Å². The summed E-state index contributed by atoms with van der Waals surface area (Å²) in [5.41, 5.74) is 5.55. The maximum absolute atomic E-state index is 5.91. The summed E-state index contributed by atoms with van der Waals surface area (Å²) >= 11 is 5.04. The van der Waals surface area contributed by atoms with Crippen molar-refractivity contribution in [2.75, 3.05) is 13.2 Å². The Hall–Kier alpha value is -0.760. The van der Waals surface area contributed by atoms with Gasteiger partial charge in [0.1, 0.15) is 0 Å². The third kappa shape index (κ3) is 1.80. The highest BCUT2D eigenvalue weighted by Gasteiger charge is 2.58. The fourth-order valence-electron chi connectivity index (χ4n) is 3.24. The van der Waals surface area contributed by atoms with Crippen molar-refractivity contribution in [2.24, 2.45) is 5.73 Å². The van der Waals surface area contributed by atoms with Gasteiger partial charge in [0.05, 0.1) is 22.5 Å². The monoisotopic (exact) mass is 355 g/mol. The molecule has 1 aliphatic carbocycles. The summed E-state index contributed by atoms with van der Waals surface area (Å²) in [6.07, 6.45) is 2.89. The van der Waals surface area contributed by atoms with Crippen LogP contribution in [0.5, 0.6) is 0 Å². The summed E-state index contributed by atoms with van der Waals surface area (Å²) in [5.74, 6) is 1.35. The Balaban J connectivity index is 1.66. The molecule has 1 saturated heterocycles. The van der Waals surface area contributed by atoms with Gasteiger partial charge in [-0.2, -0.15) is 4.98 Å². The van der Waals surface area contributed by atoms with Gasteiger partial charge in [-0.25, -0.2) is 0 Å². The molecule has 2 atom stereocenters. The maximum Gasteiger partial charge on any atom is 0.235 e. The number of halogens is 1. The molecule has 0 radical (unpaired) electrons. The van der Waals surface area contributed by atoms with E-state index < -0.39 is 0 Å². The second-order valence-electron chi connectivity index (χ2n) is 5.69. The minimum absolute atomic E-state index is 0.126. The Morgan fingerprint density at radius 3 is 2.95 bits per heavy atom. The van der Waals surface area contributed by atoms with Gasteiger partial charge in [0.25, 0.3) is 0 Å². The quantitative estimate of drug-likeness (QED) is 0.915. The van der Waals surface area contributed by atoms with Gasteiger partial charge < -0.3 is 15.0 Å². The predicted octanol–water partition coefficient (Wildman–Crippen LogP) is 2.71. The first-order valence-corrected chi connectivity index (χ1v) is 8.25. The minimum Gasteiger partial charge on any atom is -0.373 e. The van der Waals surface area contributed by atoms with Crippen molar-refractivity contribution in [3.05, 3.63) is 21.8 Å². The summed E-state index contributed by atoms with van der Waals surface area (Å²) in [4.78, 5) is 5.61. The van der Waals surface area contributed by atoms with Crippen LogP contribution in [0, 0.1) is 0 Å². The summed E-state index contributed by atoms with van der Waals surface area (Å²) < 4.78 is 12.5. The molecule has 2 aromatic rings. The van der Waals surface area contributed by atoms with E-state index in [1.54, 1.807) is 11.3 Å². The van der Waals surface area contributed by atoms with Crippen LogP contribution < -0.4 is 5.73 Å². The molecule has 2 bridgehead atoms. The van der Waals surface area contributed by atoms with Crippen molar-refractivity contribution < 1.29 is 9.26 Å². The lowest BCUT2D eigenvalue weighted by atomic mass is 9.87. The first kappa shape index (κ1) is 12.9. The van der Waals surface area contributed by atoms with E-state index in [1.807, 2.05) is 11.4 Å². The van der Waals surface area contributed by atoms with Crippen LogP contribution in [0.15, 0.2) is 20.4 Å². The van der Waals surface area contributed by atoms with Gasteiger partial charge in [-0.15, -0.1) is 11.3 Å². The Bertz CT molecular complexity index is 646. The lowest BCUT2D eigenvalue weighted by Gasteiger charge is -2.25. The fraction of sp³-hybridized carbons (Fsp3) is 0.538. The van der Waals surface area contributed by atoms with Gasteiger partial charge in [0.2, 0.25) is 11.7 Å². The number of rotatable bonds is 3. The highest BCUT2D eigenvalue weighted by atomic mass is 79.9. The Morgan fingerprint density at radius 1 is 1.45 bits per heavy atom. The van der Waals surface area contributed by atoms with Crippen molar-refractivity contribution >= 4 is 27.3 Å². The van der Waals surface area contributed by atoms with Crippen molar-refractivity contribution in [3.8, 4) is 10.7 Å². The zero-order valence-corrected chi connectivity index (χ0v) is 13.2. The number of nitrogens with zero attached hydrogens (tertiary/aromatic N) is 2. The lowest BCUT2D eigenvalue weighted by molar-refractivity contribution is -0.0156. The van der Waals surface area contributed by atoms with Gasteiger partial charge >= 0.3 is 0 Å². The predicted molar refractivity (Wildman–Crippen MR) is 78.6 cm³/mol. The van der Waals surface area contributed by atoms with Crippen LogP contribution in [-0.4, -0.2) is 28.9 Å². The van der Waals surface area contributed by atoms with Crippen LogP contribution in [0.1, 0.15) is 25.2 Å². The molecule has 3 heterocycles. The van der Waals surface area contributed by atoms with Crippen LogP contribution in [0.25, 0.3) is 10.7 Å². The molecule has 2 fully saturated rings. The summed E-state index contributed by atoms with van der Waals surface area (Å²) in [5, 5.41) is 6.13. The number of aromatic nitrogens is 2. The summed E-state index contributed by atoms with van der Waals surface area (Å²) in [6.45, 7) is 1.20. The Kier molecular flexibility index (Phi) is 2.82. The molecule has 1 saturated carbocycles. The smallest absolute Gasteiger partial charge is 0.235 e.